The molecule has 5 rings (SSSR count). The molecule has 2 aromatic carbocycles. The predicted octanol–water partition coefficient (Wildman–Crippen LogP) is 4.44. The molecule has 3 nitrogen and oxygen atoms in total. The van der Waals surface area contributed by atoms with Gasteiger partial charge >= 0.3 is 0 Å². The molecule has 0 aliphatic carbocycles. The molecule has 0 saturated heterocycles. The van der Waals surface area contributed by atoms with Crippen molar-refractivity contribution in [3.8, 4) is 11.3 Å². The highest BCUT2D eigenvalue weighted by molar-refractivity contribution is 6.00. The molecule has 0 amide bonds. The molecule has 2 aromatic heterocycles. The molecule has 3 heteroatoms. The Bertz CT molecular complexity index is 1060. The van der Waals surface area contributed by atoms with Gasteiger partial charge in [-0.1, -0.05) is 30.3 Å². The van der Waals surface area contributed by atoms with Gasteiger partial charge < -0.3 is 0 Å². The number of hydrogen-bond donors (Lipinski definition) is 0. The third kappa shape index (κ3) is 1.98. The molecule has 4 aromatic rings. The van der Waals surface area contributed by atoms with Crippen LogP contribution in [0.4, 0.5) is 5.69 Å². The molecule has 0 bridgehead atoms. The first-order chi connectivity index (χ1) is 11.9. The Hall–Kier alpha value is -3.20. The summed E-state index contributed by atoms with van der Waals surface area (Å²) in [6.07, 6.45) is 5.95. The van der Waals surface area contributed by atoms with E-state index in [9.17, 15) is 0 Å². The van der Waals surface area contributed by atoms with E-state index < -0.39 is 0 Å². The number of para-hydroxylation sites is 2. The second kappa shape index (κ2) is 5.17. The second-order valence-electron chi connectivity index (χ2n) is 6.05. The van der Waals surface area contributed by atoms with Gasteiger partial charge in [-0.05, 0) is 24.3 Å². The predicted molar refractivity (Wildman–Crippen MR) is 96.7 cm³/mol. The maximum absolute atomic E-state index is 4.15. The molecule has 0 spiro atoms. The Morgan fingerprint density at radius 3 is 2.54 bits per heavy atom. The minimum absolute atomic E-state index is 0.808. The van der Waals surface area contributed by atoms with Crippen LogP contribution in [-0.4, -0.2) is 20.3 Å². The van der Waals surface area contributed by atoms with Crippen LogP contribution in [0.5, 0.6) is 0 Å². The summed E-state index contributed by atoms with van der Waals surface area (Å²) >= 11 is 0. The minimum Gasteiger partial charge on any atom is -0.284 e. The molecular weight excluding hydrogens is 294 g/mol. The van der Waals surface area contributed by atoms with Gasteiger partial charge in [-0.25, -0.2) is 0 Å². The fraction of sp³-hybridized carbons (Fsp3) is 0.0476. The van der Waals surface area contributed by atoms with Gasteiger partial charge in [0.2, 0.25) is 12.4 Å². The van der Waals surface area contributed by atoms with Crippen LogP contribution in [-0.2, 0) is 6.67 Å². The number of hydrogen-bond acceptors (Lipinski definition) is 1. The maximum Gasteiger partial charge on any atom is 0.228 e. The number of benzene rings is 2. The lowest BCUT2D eigenvalue weighted by Crippen LogP contribution is -2.19. The van der Waals surface area contributed by atoms with Crippen LogP contribution in [0.25, 0.3) is 22.2 Å². The molecule has 3 heterocycles. The van der Waals surface area contributed by atoms with E-state index in [2.05, 4.69) is 87.1 Å². The summed E-state index contributed by atoms with van der Waals surface area (Å²) < 4.78 is 4.69. The summed E-state index contributed by atoms with van der Waals surface area (Å²) in [5.41, 5.74) is 6.19. The van der Waals surface area contributed by atoms with Crippen molar-refractivity contribution in [2.75, 3.05) is 0 Å². The number of pyridine rings is 1. The zero-order valence-electron chi connectivity index (χ0n) is 13.1. The van der Waals surface area contributed by atoms with Crippen molar-refractivity contribution in [3.63, 3.8) is 0 Å². The largest absolute Gasteiger partial charge is 0.284 e. The van der Waals surface area contributed by atoms with Crippen molar-refractivity contribution in [2.24, 2.45) is 0 Å². The van der Waals surface area contributed by atoms with E-state index in [1.165, 1.54) is 33.4 Å². The van der Waals surface area contributed by atoms with Crippen LogP contribution in [0.1, 0.15) is 5.56 Å². The summed E-state index contributed by atoms with van der Waals surface area (Å²) in [7, 11) is 0. The van der Waals surface area contributed by atoms with Crippen LogP contribution >= 0.6 is 0 Å². The summed E-state index contributed by atoms with van der Waals surface area (Å²) in [4.78, 5) is 4.15. The van der Waals surface area contributed by atoms with Gasteiger partial charge in [0.1, 0.15) is 0 Å². The topological polar surface area (TPSA) is 20.8 Å². The van der Waals surface area contributed by atoms with Crippen LogP contribution in [0.15, 0.2) is 79.1 Å². The quantitative estimate of drug-likeness (QED) is 0.501. The second-order valence-corrected chi connectivity index (χ2v) is 6.05. The molecule has 0 radical (unpaired) electrons. The summed E-state index contributed by atoms with van der Waals surface area (Å²) in [6.45, 7) is 0.808. The fourth-order valence-electron chi connectivity index (χ4n) is 3.50. The number of aromatic nitrogens is 2. The zero-order valence-corrected chi connectivity index (χ0v) is 13.1. The Morgan fingerprint density at radius 1 is 0.875 bits per heavy atom. The lowest BCUT2D eigenvalue weighted by molar-refractivity contribution is -0.471. The first-order valence-electron chi connectivity index (χ1n) is 8.09. The van der Waals surface area contributed by atoms with Gasteiger partial charge in [0, 0.05) is 35.5 Å². The number of nitrogens with zero attached hydrogens (tertiary/aromatic N) is 3. The minimum atomic E-state index is 0.808. The van der Waals surface area contributed by atoms with Crippen LogP contribution < -0.4 is 0 Å². The molecule has 0 N–H and O–H groups in total. The first kappa shape index (κ1) is 13.3. The highest BCUT2D eigenvalue weighted by Gasteiger charge is 2.23. The summed E-state index contributed by atoms with van der Waals surface area (Å²) in [5.74, 6) is 0. The SMILES string of the molecule is C1=[N+](c2ccccc2)Cn2c(-c3ccncc3)cc3cccc1c32. The van der Waals surface area contributed by atoms with Gasteiger partial charge in [0.15, 0.2) is 6.21 Å². The van der Waals surface area contributed by atoms with Gasteiger partial charge in [0.05, 0.1) is 16.8 Å². The molecule has 0 unspecified atom stereocenters. The third-order valence-electron chi connectivity index (χ3n) is 4.60. The van der Waals surface area contributed by atoms with Gasteiger partial charge in [0.25, 0.3) is 0 Å². The van der Waals surface area contributed by atoms with Gasteiger partial charge in [-0.3, -0.25) is 9.55 Å². The van der Waals surface area contributed by atoms with E-state index in [0.29, 0.717) is 0 Å². The average molecular weight is 310 g/mol. The van der Waals surface area contributed by atoms with Gasteiger partial charge in [-0.15, -0.1) is 0 Å². The molecule has 114 valence electrons. The van der Waals surface area contributed by atoms with E-state index in [-0.39, 0.29) is 0 Å². The molecule has 0 saturated carbocycles. The third-order valence-corrected chi connectivity index (χ3v) is 4.60. The molecule has 1 aliphatic rings. The highest BCUT2D eigenvalue weighted by Crippen LogP contribution is 2.32. The smallest absolute Gasteiger partial charge is 0.228 e. The fourth-order valence-corrected chi connectivity index (χ4v) is 3.50. The van der Waals surface area contributed by atoms with Crippen molar-refractivity contribution < 1.29 is 4.58 Å². The van der Waals surface area contributed by atoms with Crippen molar-refractivity contribution >= 4 is 22.8 Å². The summed E-state index contributed by atoms with van der Waals surface area (Å²) in [5, 5.41) is 1.28. The number of rotatable bonds is 2. The van der Waals surface area contributed by atoms with E-state index in [4.69, 9.17) is 0 Å². The van der Waals surface area contributed by atoms with Crippen molar-refractivity contribution in [2.45, 2.75) is 6.67 Å². The maximum atomic E-state index is 4.15. The van der Waals surface area contributed by atoms with Crippen LogP contribution in [0.2, 0.25) is 0 Å². The molecule has 24 heavy (non-hydrogen) atoms. The van der Waals surface area contributed by atoms with Crippen molar-refractivity contribution in [1.29, 1.82) is 0 Å². The summed E-state index contributed by atoms with van der Waals surface area (Å²) in [6, 6.07) is 23.4. The monoisotopic (exact) mass is 310 g/mol. The highest BCUT2D eigenvalue weighted by atomic mass is 15.2. The van der Waals surface area contributed by atoms with Gasteiger partial charge in [-0.2, -0.15) is 4.58 Å². The Kier molecular flexibility index (Phi) is 2.85. The van der Waals surface area contributed by atoms with E-state index in [0.717, 1.165) is 6.67 Å². The van der Waals surface area contributed by atoms with Crippen molar-refractivity contribution in [1.82, 2.24) is 9.55 Å². The normalized spacial score (nSPS) is 13.1. The van der Waals surface area contributed by atoms with Crippen molar-refractivity contribution in [3.05, 3.63) is 84.7 Å². The molecule has 0 atom stereocenters. The van der Waals surface area contributed by atoms with E-state index in [1.54, 1.807) is 0 Å². The lowest BCUT2D eigenvalue weighted by Gasteiger charge is -2.15. The zero-order chi connectivity index (χ0) is 15.9. The Morgan fingerprint density at radius 2 is 1.71 bits per heavy atom. The Balaban J connectivity index is 1.75. The van der Waals surface area contributed by atoms with Crippen LogP contribution in [0.3, 0.4) is 0 Å². The Labute approximate surface area is 140 Å². The average Bonchev–Trinajstić information content (AvgIpc) is 3.03. The standard InChI is InChI=1S/C21H16N3/c1-2-7-19(8-3-1)23-14-18-6-4-5-17-13-20(24(15-23)21(17)18)16-9-11-22-12-10-16/h1-14H,15H2/q+1. The van der Waals surface area contributed by atoms with Crippen LogP contribution in [0, 0.1) is 0 Å². The van der Waals surface area contributed by atoms with E-state index in [1.807, 2.05) is 12.4 Å². The molecular formula is C21H16N3+. The molecule has 0 fully saturated rings. The molecule has 1 aliphatic heterocycles. The van der Waals surface area contributed by atoms with E-state index >= 15 is 0 Å². The lowest BCUT2D eigenvalue weighted by atomic mass is 10.1. The first-order valence-corrected chi connectivity index (χ1v) is 8.09.